The largest absolute Gasteiger partial charge is 0.423 e. The Hall–Kier alpha value is -1.75. The van der Waals surface area contributed by atoms with E-state index >= 15 is 0 Å². The van der Waals surface area contributed by atoms with Crippen LogP contribution in [-0.2, 0) is 0 Å². The molecule has 2 unspecified atom stereocenters. The Labute approximate surface area is 123 Å². The summed E-state index contributed by atoms with van der Waals surface area (Å²) in [6.07, 6.45) is 5.18. The van der Waals surface area contributed by atoms with Gasteiger partial charge < -0.3 is 20.2 Å². The molecule has 1 saturated carbocycles. The minimum Gasteiger partial charge on any atom is -0.423 e. The number of oxazole rings is 1. The minimum absolute atomic E-state index is 0.326. The van der Waals surface area contributed by atoms with E-state index in [4.69, 9.17) is 10.2 Å². The third-order valence-corrected chi connectivity index (χ3v) is 5.14. The number of aliphatic hydroxyl groups is 1. The maximum absolute atomic E-state index is 10.7. The molecule has 2 aromatic rings. The van der Waals surface area contributed by atoms with Crippen LogP contribution in [0.1, 0.15) is 32.1 Å². The number of hydrogen-bond acceptors (Lipinski definition) is 5. The Morgan fingerprint density at radius 3 is 3.10 bits per heavy atom. The van der Waals surface area contributed by atoms with Crippen LogP contribution in [0.5, 0.6) is 0 Å². The summed E-state index contributed by atoms with van der Waals surface area (Å²) >= 11 is 0. The fourth-order valence-corrected chi connectivity index (χ4v) is 3.84. The van der Waals surface area contributed by atoms with Crippen LogP contribution in [0.15, 0.2) is 22.6 Å². The summed E-state index contributed by atoms with van der Waals surface area (Å²) in [7, 11) is 0. The molecular formula is C16H21N3O2. The van der Waals surface area contributed by atoms with Crippen LogP contribution in [0.4, 0.5) is 11.7 Å². The van der Waals surface area contributed by atoms with Gasteiger partial charge in [0, 0.05) is 19.0 Å². The first kappa shape index (κ1) is 13.0. The van der Waals surface area contributed by atoms with Gasteiger partial charge in [-0.2, -0.15) is 4.98 Å². The summed E-state index contributed by atoms with van der Waals surface area (Å²) < 4.78 is 5.85. The average molecular weight is 287 g/mol. The van der Waals surface area contributed by atoms with E-state index in [1.807, 2.05) is 18.2 Å². The highest BCUT2D eigenvalue weighted by molar-refractivity contribution is 5.86. The fraction of sp³-hybridized carbons (Fsp3) is 0.562. The number of aromatic nitrogens is 1. The van der Waals surface area contributed by atoms with Gasteiger partial charge in [0.25, 0.3) is 6.01 Å². The highest BCUT2D eigenvalue weighted by atomic mass is 16.4. The second-order valence-electron chi connectivity index (χ2n) is 6.43. The molecule has 5 nitrogen and oxygen atoms in total. The van der Waals surface area contributed by atoms with Gasteiger partial charge in [0.15, 0.2) is 5.58 Å². The van der Waals surface area contributed by atoms with Crippen LogP contribution in [0.25, 0.3) is 11.1 Å². The van der Waals surface area contributed by atoms with Crippen molar-refractivity contribution in [2.75, 3.05) is 23.7 Å². The zero-order valence-corrected chi connectivity index (χ0v) is 12.1. The molecule has 0 amide bonds. The molecule has 1 aromatic carbocycles. The third kappa shape index (κ3) is 2.07. The third-order valence-electron chi connectivity index (χ3n) is 5.14. The van der Waals surface area contributed by atoms with Gasteiger partial charge >= 0.3 is 0 Å². The molecule has 21 heavy (non-hydrogen) atoms. The summed E-state index contributed by atoms with van der Waals surface area (Å²) in [5.74, 6) is 0.326. The van der Waals surface area contributed by atoms with Gasteiger partial charge in [0.05, 0.1) is 11.3 Å². The second kappa shape index (κ2) is 4.63. The first-order valence-electron chi connectivity index (χ1n) is 7.78. The number of nitrogens with two attached hydrogens (primary N) is 1. The molecule has 2 heterocycles. The lowest BCUT2D eigenvalue weighted by molar-refractivity contribution is -0.0618. The first-order valence-corrected chi connectivity index (χ1v) is 7.78. The summed E-state index contributed by atoms with van der Waals surface area (Å²) in [5.41, 5.74) is 7.58. The van der Waals surface area contributed by atoms with Gasteiger partial charge in [-0.1, -0.05) is 18.9 Å². The molecular weight excluding hydrogens is 266 g/mol. The van der Waals surface area contributed by atoms with Crippen molar-refractivity contribution >= 4 is 22.8 Å². The number of para-hydroxylation sites is 1. The molecule has 5 heteroatoms. The molecule has 2 fully saturated rings. The molecule has 1 aliphatic heterocycles. The number of hydrogen-bond donors (Lipinski definition) is 2. The molecule has 1 saturated heterocycles. The number of nitrogen functional groups attached to an aromatic ring is 1. The topological polar surface area (TPSA) is 75.5 Å². The summed E-state index contributed by atoms with van der Waals surface area (Å²) in [6, 6.07) is 6.24. The molecule has 112 valence electrons. The number of benzene rings is 1. The molecule has 1 aromatic heterocycles. The molecule has 0 bridgehead atoms. The lowest BCUT2D eigenvalue weighted by Crippen LogP contribution is -2.53. The Morgan fingerprint density at radius 1 is 1.33 bits per heavy atom. The summed E-state index contributed by atoms with van der Waals surface area (Å²) in [5, 5.41) is 10.7. The number of anilines is 2. The van der Waals surface area contributed by atoms with E-state index in [1.54, 1.807) is 0 Å². The van der Waals surface area contributed by atoms with Crippen LogP contribution in [0.3, 0.4) is 0 Å². The van der Waals surface area contributed by atoms with Crippen LogP contribution in [0.2, 0.25) is 0 Å². The van der Waals surface area contributed by atoms with Crippen LogP contribution >= 0.6 is 0 Å². The van der Waals surface area contributed by atoms with Gasteiger partial charge in [0.2, 0.25) is 0 Å². The fourth-order valence-electron chi connectivity index (χ4n) is 3.84. The van der Waals surface area contributed by atoms with Crippen LogP contribution in [-0.4, -0.2) is 28.8 Å². The zero-order valence-electron chi connectivity index (χ0n) is 12.1. The van der Waals surface area contributed by atoms with E-state index in [0.717, 1.165) is 49.9 Å². The van der Waals surface area contributed by atoms with Crippen LogP contribution < -0.4 is 10.6 Å². The van der Waals surface area contributed by atoms with Crippen LogP contribution in [0, 0.1) is 5.92 Å². The highest BCUT2D eigenvalue weighted by Gasteiger charge is 2.43. The van der Waals surface area contributed by atoms with Gasteiger partial charge in [-0.3, -0.25) is 0 Å². The molecule has 4 rings (SSSR count). The number of rotatable bonds is 1. The molecule has 1 aliphatic carbocycles. The molecule has 2 aliphatic rings. The summed E-state index contributed by atoms with van der Waals surface area (Å²) in [4.78, 5) is 6.71. The Kier molecular flexibility index (Phi) is 2.85. The standard InChI is InChI=1S/C16H21N3O2/c17-12-5-3-6-13-14(12)18-15(21-13)19-9-8-16(20)7-2-1-4-11(16)10-19/h3,5-6,11,20H,1-2,4,7-10,17H2. The Bertz CT molecular complexity index is 669. The van der Waals surface area contributed by atoms with E-state index < -0.39 is 5.60 Å². The summed E-state index contributed by atoms with van der Waals surface area (Å²) in [6.45, 7) is 1.61. The van der Waals surface area contributed by atoms with Crippen molar-refractivity contribution in [2.45, 2.75) is 37.7 Å². The van der Waals surface area contributed by atoms with E-state index in [0.29, 0.717) is 17.6 Å². The van der Waals surface area contributed by atoms with Crippen molar-refractivity contribution in [2.24, 2.45) is 5.92 Å². The highest BCUT2D eigenvalue weighted by Crippen LogP contribution is 2.41. The van der Waals surface area contributed by atoms with Crippen molar-refractivity contribution in [3.63, 3.8) is 0 Å². The predicted molar refractivity (Wildman–Crippen MR) is 82.2 cm³/mol. The minimum atomic E-state index is -0.472. The molecule has 3 N–H and O–H groups in total. The normalized spacial score (nSPS) is 29.6. The second-order valence-corrected chi connectivity index (χ2v) is 6.43. The smallest absolute Gasteiger partial charge is 0.298 e. The van der Waals surface area contributed by atoms with E-state index in [9.17, 15) is 5.11 Å². The number of piperidine rings is 1. The van der Waals surface area contributed by atoms with E-state index in [-0.39, 0.29) is 0 Å². The first-order chi connectivity index (χ1) is 10.2. The molecule has 2 atom stereocenters. The van der Waals surface area contributed by atoms with Gasteiger partial charge in [0.1, 0.15) is 5.52 Å². The van der Waals surface area contributed by atoms with E-state index in [2.05, 4.69) is 9.88 Å². The van der Waals surface area contributed by atoms with Crippen molar-refractivity contribution in [1.29, 1.82) is 0 Å². The zero-order chi connectivity index (χ0) is 14.4. The quantitative estimate of drug-likeness (QED) is 0.788. The Morgan fingerprint density at radius 2 is 2.24 bits per heavy atom. The van der Waals surface area contributed by atoms with Crippen molar-refractivity contribution in [1.82, 2.24) is 4.98 Å². The molecule has 0 spiro atoms. The van der Waals surface area contributed by atoms with Crippen molar-refractivity contribution < 1.29 is 9.52 Å². The SMILES string of the molecule is Nc1cccc2oc(N3CCC4(O)CCCCC4C3)nc12. The predicted octanol–water partition coefficient (Wildman–Crippen LogP) is 2.54. The Balaban J connectivity index is 1.62. The van der Waals surface area contributed by atoms with Gasteiger partial charge in [-0.15, -0.1) is 0 Å². The van der Waals surface area contributed by atoms with E-state index in [1.165, 1.54) is 6.42 Å². The van der Waals surface area contributed by atoms with Gasteiger partial charge in [-0.05, 0) is 31.4 Å². The number of fused-ring (bicyclic) bond motifs is 2. The maximum atomic E-state index is 10.7. The number of nitrogens with zero attached hydrogens (tertiary/aromatic N) is 2. The molecule has 0 radical (unpaired) electrons. The lowest BCUT2D eigenvalue weighted by atomic mass is 9.71. The van der Waals surface area contributed by atoms with Crippen molar-refractivity contribution in [3.8, 4) is 0 Å². The lowest BCUT2D eigenvalue weighted by Gasteiger charge is -2.46. The van der Waals surface area contributed by atoms with Crippen molar-refractivity contribution in [3.05, 3.63) is 18.2 Å². The maximum Gasteiger partial charge on any atom is 0.298 e. The van der Waals surface area contributed by atoms with Gasteiger partial charge in [-0.25, -0.2) is 0 Å². The average Bonchev–Trinajstić information content (AvgIpc) is 2.92. The monoisotopic (exact) mass is 287 g/mol.